The monoisotopic (exact) mass is 321 g/mol. The Balaban J connectivity index is 1.80. The molecule has 1 N–H and O–H groups in total. The maximum atomic E-state index is 12.3. The highest BCUT2D eigenvalue weighted by molar-refractivity contribution is 5.76. The number of carboxylic acids is 1. The van der Waals surface area contributed by atoms with Crippen molar-refractivity contribution in [2.75, 3.05) is 26.9 Å². The third-order valence-electron chi connectivity index (χ3n) is 3.94. The summed E-state index contributed by atoms with van der Waals surface area (Å²) in [5.41, 5.74) is 0.982. The normalized spacial score (nSPS) is 15.2. The van der Waals surface area contributed by atoms with Crippen molar-refractivity contribution in [2.24, 2.45) is 5.92 Å². The van der Waals surface area contributed by atoms with Crippen LogP contribution in [-0.2, 0) is 20.9 Å². The second-order valence-electron chi connectivity index (χ2n) is 5.84. The van der Waals surface area contributed by atoms with E-state index in [-0.39, 0.29) is 12.5 Å². The fourth-order valence-corrected chi connectivity index (χ4v) is 2.55. The largest absolute Gasteiger partial charge is 0.482 e. The van der Waals surface area contributed by atoms with Gasteiger partial charge in [-0.15, -0.1) is 0 Å². The molecule has 0 unspecified atom stereocenters. The number of carboxylic acid groups (broad SMARTS) is 1. The van der Waals surface area contributed by atoms with Crippen LogP contribution in [0, 0.1) is 5.92 Å². The minimum Gasteiger partial charge on any atom is -0.482 e. The second-order valence-corrected chi connectivity index (χ2v) is 5.84. The van der Waals surface area contributed by atoms with E-state index in [1.165, 1.54) is 0 Å². The first-order valence-corrected chi connectivity index (χ1v) is 7.80. The molecule has 6 heteroatoms. The Morgan fingerprint density at radius 3 is 2.52 bits per heavy atom. The quantitative estimate of drug-likeness (QED) is 0.830. The van der Waals surface area contributed by atoms with Crippen LogP contribution in [0.25, 0.3) is 0 Å². The van der Waals surface area contributed by atoms with Crippen LogP contribution < -0.4 is 4.74 Å². The topological polar surface area (TPSA) is 76.1 Å². The number of amides is 1. The minimum atomic E-state index is -1.01. The number of nitrogens with zero attached hydrogens (tertiary/aromatic N) is 1. The van der Waals surface area contributed by atoms with Gasteiger partial charge in [0.25, 0.3) is 0 Å². The van der Waals surface area contributed by atoms with Crippen LogP contribution >= 0.6 is 0 Å². The molecule has 1 aromatic rings. The van der Waals surface area contributed by atoms with E-state index in [1.807, 2.05) is 12.1 Å². The van der Waals surface area contributed by atoms with E-state index in [0.29, 0.717) is 24.6 Å². The van der Waals surface area contributed by atoms with Crippen molar-refractivity contribution in [3.05, 3.63) is 29.8 Å². The molecule has 1 aromatic carbocycles. The van der Waals surface area contributed by atoms with Gasteiger partial charge in [-0.3, -0.25) is 4.79 Å². The molecule has 1 saturated heterocycles. The molecule has 1 aliphatic heterocycles. The van der Waals surface area contributed by atoms with E-state index in [1.54, 1.807) is 24.1 Å². The lowest BCUT2D eigenvalue weighted by Gasteiger charge is -2.24. The molecule has 6 nitrogen and oxygen atoms in total. The van der Waals surface area contributed by atoms with E-state index in [2.05, 4.69) is 0 Å². The van der Waals surface area contributed by atoms with Gasteiger partial charge in [0.2, 0.25) is 5.91 Å². The zero-order valence-electron chi connectivity index (χ0n) is 13.4. The fraction of sp³-hybridized carbons (Fsp3) is 0.529. The molecule has 0 aliphatic carbocycles. The van der Waals surface area contributed by atoms with Crippen LogP contribution in [-0.4, -0.2) is 48.8 Å². The molecule has 0 atom stereocenters. The number of rotatable bonds is 7. The Labute approximate surface area is 136 Å². The number of carbonyl (C=O) groups excluding carboxylic acids is 1. The lowest BCUT2D eigenvalue weighted by molar-refractivity contribution is -0.139. The highest BCUT2D eigenvalue weighted by atomic mass is 16.5. The summed E-state index contributed by atoms with van der Waals surface area (Å²) in [4.78, 5) is 24.4. The zero-order chi connectivity index (χ0) is 16.7. The van der Waals surface area contributed by atoms with Gasteiger partial charge >= 0.3 is 5.97 Å². The summed E-state index contributed by atoms with van der Waals surface area (Å²) < 4.78 is 10.4. The van der Waals surface area contributed by atoms with Crippen molar-refractivity contribution < 1.29 is 24.2 Å². The Bertz CT molecular complexity index is 522. The number of aliphatic carboxylic acids is 1. The van der Waals surface area contributed by atoms with E-state index in [9.17, 15) is 9.59 Å². The molecule has 0 spiro atoms. The van der Waals surface area contributed by atoms with Crippen molar-refractivity contribution in [1.82, 2.24) is 4.90 Å². The molecule has 23 heavy (non-hydrogen) atoms. The molecule has 0 aromatic heterocycles. The smallest absolute Gasteiger partial charge is 0.341 e. The van der Waals surface area contributed by atoms with Gasteiger partial charge in [-0.25, -0.2) is 4.79 Å². The lowest BCUT2D eigenvalue weighted by atomic mass is 9.96. The Morgan fingerprint density at radius 1 is 1.26 bits per heavy atom. The van der Waals surface area contributed by atoms with Crippen LogP contribution in [0.15, 0.2) is 24.3 Å². The fourth-order valence-electron chi connectivity index (χ4n) is 2.55. The first-order chi connectivity index (χ1) is 11.0. The first-order valence-electron chi connectivity index (χ1n) is 7.80. The Morgan fingerprint density at radius 2 is 1.91 bits per heavy atom. The third kappa shape index (κ3) is 5.90. The number of hydrogen-bond acceptors (Lipinski definition) is 4. The number of ether oxygens (including phenoxy) is 2. The summed E-state index contributed by atoms with van der Waals surface area (Å²) in [5, 5.41) is 8.57. The van der Waals surface area contributed by atoms with Crippen LogP contribution in [0.2, 0.25) is 0 Å². The molecule has 126 valence electrons. The SMILES string of the molecule is CN(Cc1ccc(OCC(=O)O)cc1)C(=O)CC1CCOCC1. The van der Waals surface area contributed by atoms with Gasteiger partial charge < -0.3 is 19.5 Å². The molecular weight excluding hydrogens is 298 g/mol. The van der Waals surface area contributed by atoms with E-state index in [4.69, 9.17) is 14.6 Å². The predicted octanol–water partition coefficient (Wildman–Crippen LogP) is 1.93. The van der Waals surface area contributed by atoms with Gasteiger partial charge in [0, 0.05) is 33.2 Å². The molecule has 0 bridgehead atoms. The van der Waals surface area contributed by atoms with Crippen LogP contribution in [0.1, 0.15) is 24.8 Å². The molecule has 1 amide bonds. The van der Waals surface area contributed by atoms with Crippen LogP contribution in [0.4, 0.5) is 0 Å². The van der Waals surface area contributed by atoms with Gasteiger partial charge in [0.15, 0.2) is 6.61 Å². The van der Waals surface area contributed by atoms with Gasteiger partial charge in [0.1, 0.15) is 5.75 Å². The summed E-state index contributed by atoms with van der Waals surface area (Å²) in [6.45, 7) is 1.67. The van der Waals surface area contributed by atoms with Crippen molar-refractivity contribution in [3.8, 4) is 5.75 Å². The number of carbonyl (C=O) groups is 2. The summed E-state index contributed by atoms with van der Waals surface area (Å²) in [6, 6.07) is 7.12. The molecule has 2 rings (SSSR count). The Hall–Kier alpha value is -2.08. The standard InChI is InChI=1S/C17H23NO5/c1-18(16(19)10-13-6-8-22-9-7-13)11-14-2-4-15(5-3-14)23-12-17(20)21/h2-5,13H,6-12H2,1H3,(H,20,21). The molecular formula is C17H23NO5. The zero-order valence-corrected chi connectivity index (χ0v) is 13.4. The average molecular weight is 321 g/mol. The number of benzene rings is 1. The van der Waals surface area contributed by atoms with Crippen molar-refractivity contribution in [1.29, 1.82) is 0 Å². The molecule has 0 saturated carbocycles. The summed E-state index contributed by atoms with van der Waals surface area (Å²) in [5.74, 6) is 0.0634. The van der Waals surface area contributed by atoms with Gasteiger partial charge in [-0.2, -0.15) is 0 Å². The summed E-state index contributed by atoms with van der Waals surface area (Å²) in [6.07, 6.45) is 2.48. The first kappa shape index (κ1) is 17.3. The highest BCUT2D eigenvalue weighted by Gasteiger charge is 2.19. The predicted molar refractivity (Wildman–Crippen MR) is 84.2 cm³/mol. The van der Waals surface area contributed by atoms with Gasteiger partial charge in [-0.1, -0.05) is 12.1 Å². The maximum Gasteiger partial charge on any atom is 0.341 e. The van der Waals surface area contributed by atoms with Gasteiger partial charge in [0.05, 0.1) is 0 Å². The van der Waals surface area contributed by atoms with Gasteiger partial charge in [-0.05, 0) is 36.5 Å². The molecule has 1 aliphatic rings. The Kier molecular flexibility index (Phi) is 6.40. The average Bonchev–Trinajstić information content (AvgIpc) is 2.55. The van der Waals surface area contributed by atoms with Crippen LogP contribution in [0.5, 0.6) is 5.75 Å². The third-order valence-corrected chi connectivity index (χ3v) is 3.94. The van der Waals surface area contributed by atoms with E-state index >= 15 is 0 Å². The highest BCUT2D eigenvalue weighted by Crippen LogP contribution is 2.20. The summed E-state index contributed by atoms with van der Waals surface area (Å²) in [7, 11) is 1.80. The lowest BCUT2D eigenvalue weighted by Crippen LogP contribution is -2.29. The summed E-state index contributed by atoms with van der Waals surface area (Å²) >= 11 is 0. The van der Waals surface area contributed by atoms with Crippen molar-refractivity contribution in [2.45, 2.75) is 25.8 Å². The maximum absolute atomic E-state index is 12.3. The second kappa shape index (κ2) is 8.53. The van der Waals surface area contributed by atoms with Crippen molar-refractivity contribution >= 4 is 11.9 Å². The molecule has 1 fully saturated rings. The molecule has 0 radical (unpaired) electrons. The minimum absolute atomic E-state index is 0.142. The van der Waals surface area contributed by atoms with Crippen LogP contribution in [0.3, 0.4) is 0 Å². The number of hydrogen-bond donors (Lipinski definition) is 1. The van der Waals surface area contributed by atoms with Crippen molar-refractivity contribution in [3.63, 3.8) is 0 Å². The van der Waals surface area contributed by atoms with E-state index < -0.39 is 5.97 Å². The van der Waals surface area contributed by atoms with E-state index in [0.717, 1.165) is 31.6 Å². The molecule has 1 heterocycles.